The SMILES string of the molecule is N=C(c1ccccc1C(=N)P(=O)(O)O)c1ccc2c3c1C(c1ccccc1)=NP23=O. The second kappa shape index (κ2) is 6.27. The number of hydrogen-bond donors (Lipinski definition) is 4. The Morgan fingerprint density at radius 1 is 0.867 bits per heavy atom. The molecule has 0 saturated carbocycles. The fourth-order valence-corrected chi connectivity index (χ4v) is 6.76. The van der Waals surface area contributed by atoms with E-state index in [2.05, 4.69) is 4.76 Å². The first-order valence-electron chi connectivity index (χ1n) is 9.01. The summed E-state index contributed by atoms with van der Waals surface area (Å²) in [5.74, 6) is 0. The Balaban J connectivity index is 1.68. The van der Waals surface area contributed by atoms with Crippen LogP contribution in [0.5, 0.6) is 0 Å². The van der Waals surface area contributed by atoms with Crippen molar-refractivity contribution in [1.82, 2.24) is 0 Å². The number of benzene rings is 3. The molecule has 2 aliphatic rings. The zero-order chi connectivity index (χ0) is 21.3. The van der Waals surface area contributed by atoms with Gasteiger partial charge in [-0.2, -0.15) is 0 Å². The fraction of sp³-hybridized carbons (Fsp3) is 0. The van der Waals surface area contributed by atoms with Crippen molar-refractivity contribution in [1.29, 1.82) is 10.8 Å². The molecule has 3 aromatic carbocycles. The molecule has 1 atom stereocenters. The lowest BCUT2D eigenvalue weighted by atomic mass is 9.91. The van der Waals surface area contributed by atoms with E-state index in [-0.39, 0.29) is 16.8 Å². The minimum absolute atomic E-state index is 0.00714. The highest BCUT2D eigenvalue weighted by atomic mass is 31.2. The first-order chi connectivity index (χ1) is 14.2. The maximum atomic E-state index is 13.1. The van der Waals surface area contributed by atoms with Crippen LogP contribution in [0.3, 0.4) is 0 Å². The molecular weight excluding hydrogens is 420 g/mol. The van der Waals surface area contributed by atoms with Crippen LogP contribution < -0.4 is 10.6 Å². The van der Waals surface area contributed by atoms with E-state index in [1.165, 1.54) is 6.07 Å². The maximum Gasteiger partial charge on any atom is 0.374 e. The Labute approximate surface area is 171 Å². The van der Waals surface area contributed by atoms with Gasteiger partial charge in [0.05, 0.1) is 22.0 Å². The van der Waals surface area contributed by atoms with Crippen LogP contribution in [0.25, 0.3) is 0 Å². The monoisotopic (exact) mass is 435 g/mol. The summed E-state index contributed by atoms with van der Waals surface area (Å²) in [5, 5.41) is 18.1. The van der Waals surface area contributed by atoms with E-state index in [9.17, 15) is 18.9 Å². The van der Waals surface area contributed by atoms with Crippen LogP contribution in [-0.2, 0) is 9.13 Å². The van der Waals surface area contributed by atoms with E-state index in [1.54, 1.807) is 30.3 Å². The molecule has 0 spiro atoms. The van der Waals surface area contributed by atoms with Gasteiger partial charge >= 0.3 is 7.60 Å². The molecule has 2 heterocycles. The number of rotatable bonds is 5. The van der Waals surface area contributed by atoms with Crippen molar-refractivity contribution >= 4 is 42.4 Å². The standard InChI is InChI=1S/C21H15N3O4P2/c22-18(13-8-4-5-9-14(13)21(23)30(26,27)28)15-10-11-16-20-17(15)19(24-29(16,20)25)12-6-2-1-3-7-12/h1-11,22-23H,(H2,26,27,28). The lowest BCUT2D eigenvalue weighted by Gasteiger charge is -2.15. The van der Waals surface area contributed by atoms with Crippen molar-refractivity contribution in [3.8, 4) is 0 Å². The molecule has 2 aliphatic heterocycles. The molecule has 0 fully saturated rings. The van der Waals surface area contributed by atoms with Crippen molar-refractivity contribution in [3.05, 3.63) is 94.5 Å². The Kier molecular flexibility index (Phi) is 3.98. The van der Waals surface area contributed by atoms with Gasteiger partial charge in [-0.15, -0.1) is 0 Å². The van der Waals surface area contributed by atoms with Gasteiger partial charge in [-0.1, -0.05) is 60.7 Å². The molecule has 30 heavy (non-hydrogen) atoms. The smallest absolute Gasteiger partial charge is 0.320 e. The first-order valence-corrected chi connectivity index (χ1v) is 12.3. The molecule has 7 nitrogen and oxygen atoms in total. The largest absolute Gasteiger partial charge is 0.374 e. The summed E-state index contributed by atoms with van der Waals surface area (Å²) in [5.41, 5.74) is 1.81. The highest BCUT2D eigenvalue weighted by Crippen LogP contribution is 2.62. The molecule has 0 aromatic heterocycles. The fourth-order valence-electron chi connectivity index (χ4n) is 3.82. The molecule has 9 heteroatoms. The average Bonchev–Trinajstić information content (AvgIpc) is 3.19. The Bertz CT molecular complexity index is 1410. The van der Waals surface area contributed by atoms with Crippen molar-refractivity contribution < 1.29 is 18.9 Å². The number of hydrogen-bond acceptors (Lipinski definition) is 4. The van der Waals surface area contributed by atoms with Gasteiger partial charge in [-0.05, 0) is 6.07 Å². The second-order valence-electron chi connectivity index (χ2n) is 7.06. The van der Waals surface area contributed by atoms with Gasteiger partial charge in [-0.25, -0.2) is 4.76 Å². The normalized spacial score (nSPS) is 18.5. The van der Waals surface area contributed by atoms with E-state index in [1.807, 2.05) is 30.3 Å². The predicted molar refractivity (Wildman–Crippen MR) is 117 cm³/mol. The van der Waals surface area contributed by atoms with Gasteiger partial charge in [-0.3, -0.25) is 19.9 Å². The van der Waals surface area contributed by atoms with Crippen molar-refractivity contribution in [2.75, 3.05) is 0 Å². The van der Waals surface area contributed by atoms with Crippen LogP contribution in [-0.4, -0.2) is 26.7 Å². The number of fused-ring (bicyclic) bond motifs is 1. The molecule has 4 N–H and O–H groups in total. The quantitative estimate of drug-likeness (QED) is 0.362. The zero-order valence-corrected chi connectivity index (χ0v) is 17.2. The van der Waals surface area contributed by atoms with Crippen LogP contribution in [0.15, 0.2) is 71.5 Å². The molecular formula is C21H15N3O4P2. The van der Waals surface area contributed by atoms with Crippen LogP contribution >= 0.6 is 14.9 Å². The summed E-state index contributed by atoms with van der Waals surface area (Å²) in [6, 6.07) is 18.9. The molecule has 148 valence electrons. The first kappa shape index (κ1) is 19.0. The Morgan fingerprint density at radius 2 is 1.50 bits per heavy atom. The summed E-state index contributed by atoms with van der Waals surface area (Å²) in [6.45, 7) is 0. The summed E-state index contributed by atoms with van der Waals surface area (Å²) >= 11 is 0. The molecule has 5 rings (SSSR count). The van der Waals surface area contributed by atoms with Crippen molar-refractivity contribution in [2.24, 2.45) is 4.76 Å². The highest BCUT2D eigenvalue weighted by Gasteiger charge is 2.55. The summed E-state index contributed by atoms with van der Waals surface area (Å²) < 4.78 is 29.3. The van der Waals surface area contributed by atoms with E-state index < -0.39 is 20.3 Å². The molecule has 0 radical (unpaired) electrons. The van der Waals surface area contributed by atoms with E-state index in [0.29, 0.717) is 27.4 Å². The topological polar surface area (TPSA) is 135 Å². The molecule has 0 saturated heterocycles. The Morgan fingerprint density at radius 3 is 2.17 bits per heavy atom. The third-order valence-corrected chi connectivity index (χ3v) is 8.45. The van der Waals surface area contributed by atoms with E-state index in [4.69, 9.17) is 10.8 Å². The minimum atomic E-state index is -4.80. The summed E-state index contributed by atoms with van der Waals surface area (Å²) in [6.07, 6.45) is 0. The van der Waals surface area contributed by atoms with Crippen LogP contribution in [0.2, 0.25) is 0 Å². The third-order valence-electron chi connectivity index (χ3n) is 5.27. The molecule has 0 amide bonds. The van der Waals surface area contributed by atoms with Gasteiger partial charge in [0.2, 0.25) is 7.29 Å². The lowest BCUT2D eigenvalue weighted by molar-refractivity contribution is 0.390. The zero-order valence-electron chi connectivity index (χ0n) is 15.4. The molecule has 1 unspecified atom stereocenters. The van der Waals surface area contributed by atoms with Gasteiger partial charge in [0.1, 0.15) is 0 Å². The van der Waals surface area contributed by atoms with Crippen molar-refractivity contribution in [3.63, 3.8) is 0 Å². The second-order valence-corrected chi connectivity index (χ2v) is 10.9. The lowest BCUT2D eigenvalue weighted by Crippen LogP contribution is -2.18. The molecule has 0 bridgehead atoms. The van der Waals surface area contributed by atoms with Gasteiger partial charge < -0.3 is 9.79 Å². The van der Waals surface area contributed by atoms with Gasteiger partial charge in [0.25, 0.3) is 0 Å². The Hall–Kier alpha value is -2.95. The minimum Gasteiger partial charge on any atom is -0.320 e. The van der Waals surface area contributed by atoms with Crippen LogP contribution in [0.1, 0.15) is 27.8 Å². The van der Waals surface area contributed by atoms with E-state index >= 15 is 0 Å². The highest BCUT2D eigenvalue weighted by molar-refractivity contribution is 7.89. The number of nitrogens with one attached hydrogen (secondary N) is 2. The third kappa shape index (κ3) is 2.64. The van der Waals surface area contributed by atoms with Crippen LogP contribution in [0, 0.1) is 10.8 Å². The van der Waals surface area contributed by atoms with Crippen molar-refractivity contribution in [2.45, 2.75) is 0 Å². The van der Waals surface area contributed by atoms with Crippen LogP contribution in [0.4, 0.5) is 0 Å². The molecule has 3 aromatic rings. The van der Waals surface area contributed by atoms with E-state index in [0.717, 1.165) is 5.56 Å². The molecule has 0 aliphatic carbocycles. The average molecular weight is 435 g/mol. The van der Waals surface area contributed by atoms with Gasteiger partial charge in [0.15, 0.2) is 5.45 Å². The predicted octanol–water partition coefficient (Wildman–Crippen LogP) is 3.00. The van der Waals surface area contributed by atoms with Gasteiger partial charge in [0, 0.05) is 27.8 Å². The summed E-state index contributed by atoms with van der Waals surface area (Å²) in [7, 11) is -7.71. The summed E-state index contributed by atoms with van der Waals surface area (Å²) in [4.78, 5) is 18.9. The number of nitrogens with zero attached hydrogens (tertiary/aromatic N) is 1. The maximum absolute atomic E-state index is 13.1.